The van der Waals surface area contributed by atoms with E-state index in [0.29, 0.717) is 0 Å². The highest BCUT2D eigenvalue weighted by atomic mass is 16.4. The molecule has 3 heteroatoms. The zero-order valence-corrected chi connectivity index (χ0v) is 4.38. The Labute approximate surface area is 46.9 Å². The topological polar surface area (TPSA) is 61.1 Å². The molecule has 0 aliphatic heterocycles. The average molecular weight is 111 g/mol. The number of carbonyl (C=O) groups is 1. The lowest BCUT2D eigenvalue weighted by Gasteiger charge is -1.82. The van der Waals surface area contributed by atoms with Crippen molar-refractivity contribution < 1.29 is 9.90 Å². The molecule has 0 aromatic heterocycles. The van der Waals surface area contributed by atoms with E-state index in [4.69, 9.17) is 10.4 Å². The van der Waals surface area contributed by atoms with E-state index in [9.17, 15) is 4.79 Å². The van der Waals surface area contributed by atoms with Crippen LogP contribution in [0, 0.1) is 11.3 Å². The standard InChI is InChI=1S/C5H5NO2/c1-4(2-3-6)5(7)8/h2H,1H3,(H,7,8). The van der Waals surface area contributed by atoms with E-state index in [-0.39, 0.29) is 5.57 Å². The smallest absolute Gasteiger partial charge is 0.331 e. The molecule has 0 aliphatic carbocycles. The summed E-state index contributed by atoms with van der Waals surface area (Å²) < 4.78 is 0. The molecule has 0 heterocycles. The van der Waals surface area contributed by atoms with Crippen LogP contribution in [0.25, 0.3) is 0 Å². The Morgan fingerprint density at radius 2 is 2.38 bits per heavy atom. The molecule has 42 valence electrons. The summed E-state index contributed by atoms with van der Waals surface area (Å²) in [5.74, 6) is -1.05. The van der Waals surface area contributed by atoms with Crippen molar-refractivity contribution in [1.82, 2.24) is 0 Å². The van der Waals surface area contributed by atoms with Gasteiger partial charge >= 0.3 is 5.97 Å². The van der Waals surface area contributed by atoms with Gasteiger partial charge in [0.25, 0.3) is 0 Å². The number of nitriles is 1. The maximum Gasteiger partial charge on any atom is 0.331 e. The molecule has 0 unspecified atom stereocenters. The van der Waals surface area contributed by atoms with Crippen molar-refractivity contribution in [3.8, 4) is 6.07 Å². The molecule has 0 saturated carbocycles. The Morgan fingerprint density at radius 1 is 1.88 bits per heavy atom. The number of carboxylic acids is 1. The predicted octanol–water partition coefficient (Wildman–Crippen LogP) is 0.541. The second-order valence-electron chi connectivity index (χ2n) is 1.26. The van der Waals surface area contributed by atoms with Crippen molar-refractivity contribution in [1.29, 1.82) is 5.26 Å². The quantitative estimate of drug-likeness (QED) is 0.397. The molecule has 0 fully saturated rings. The zero-order valence-electron chi connectivity index (χ0n) is 4.38. The number of aliphatic carboxylic acids is 1. The largest absolute Gasteiger partial charge is 0.478 e. The van der Waals surface area contributed by atoms with Crippen molar-refractivity contribution in [3.05, 3.63) is 11.6 Å². The first kappa shape index (κ1) is 6.70. The van der Waals surface area contributed by atoms with Gasteiger partial charge in [0.1, 0.15) is 0 Å². The summed E-state index contributed by atoms with van der Waals surface area (Å²) in [6, 6.07) is 1.61. The molecule has 8 heavy (non-hydrogen) atoms. The third-order valence-corrected chi connectivity index (χ3v) is 0.618. The van der Waals surface area contributed by atoms with Crippen LogP contribution < -0.4 is 0 Å². The number of allylic oxidation sites excluding steroid dienone is 1. The van der Waals surface area contributed by atoms with Gasteiger partial charge < -0.3 is 5.11 Å². The van der Waals surface area contributed by atoms with E-state index in [0.717, 1.165) is 6.08 Å². The minimum atomic E-state index is -1.05. The van der Waals surface area contributed by atoms with Crippen LogP contribution in [-0.4, -0.2) is 11.1 Å². The molecule has 0 atom stereocenters. The minimum Gasteiger partial charge on any atom is -0.478 e. The normalized spacial score (nSPS) is 10.2. The molecular weight excluding hydrogens is 106 g/mol. The molecule has 0 amide bonds. The van der Waals surface area contributed by atoms with Crippen LogP contribution in [0.15, 0.2) is 11.6 Å². The van der Waals surface area contributed by atoms with Gasteiger partial charge in [0.15, 0.2) is 0 Å². The van der Waals surface area contributed by atoms with Gasteiger partial charge in [0.2, 0.25) is 0 Å². The van der Waals surface area contributed by atoms with E-state index in [2.05, 4.69) is 0 Å². The van der Waals surface area contributed by atoms with E-state index in [1.165, 1.54) is 6.92 Å². The number of nitrogens with zero attached hydrogens (tertiary/aromatic N) is 1. The van der Waals surface area contributed by atoms with Crippen LogP contribution in [0.3, 0.4) is 0 Å². The van der Waals surface area contributed by atoms with Crippen LogP contribution in [0.5, 0.6) is 0 Å². The van der Waals surface area contributed by atoms with Crippen molar-refractivity contribution in [2.24, 2.45) is 0 Å². The molecule has 0 aromatic carbocycles. The fraction of sp³-hybridized carbons (Fsp3) is 0.200. The lowest BCUT2D eigenvalue weighted by atomic mass is 10.3. The molecular formula is C5H5NO2. The summed E-state index contributed by atoms with van der Waals surface area (Å²) in [6.07, 6.45) is 0.988. The third kappa shape index (κ3) is 1.98. The summed E-state index contributed by atoms with van der Waals surface area (Å²) in [7, 11) is 0. The van der Waals surface area contributed by atoms with Crippen molar-refractivity contribution >= 4 is 5.97 Å². The van der Waals surface area contributed by atoms with Crippen LogP contribution in [0.1, 0.15) is 6.92 Å². The lowest BCUT2D eigenvalue weighted by molar-refractivity contribution is -0.132. The minimum absolute atomic E-state index is 0.0625. The van der Waals surface area contributed by atoms with E-state index in [1.807, 2.05) is 0 Å². The summed E-state index contributed by atoms with van der Waals surface area (Å²) in [5, 5.41) is 16.0. The second-order valence-corrected chi connectivity index (χ2v) is 1.26. The van der Waals surface area contributed by atoms with Crippen molar-refractivity contribution in [3.63, 3.8) is 0 Å². The highest BCUT2D eigenvalue weighted by Gasteiger charge is 1.95. The third-order valence-electron chi connectivity index (χ3n) is 0.618. The van der Waals surface area contributed by atoms with Gasteiger partial charge in [-0.3, -0.25) is 0 Å². The first-order chi connectivity index (χ1) is 3.68. The number of carboxylic acid groups (broad SMARTS) is 1. The van der Waals surface area contributed by atoms with Crippen LogP contribution in [-0.2, 0) is 4.79 Å². The van der Waals surface area contributed by atoms with Gasteiger partial charge in [-0.15, -0.1) is 0 Å². The number of hydrogen-bond acceptors (Lipinski definition) is 2. The fourth-order valence-corrected chi connectivity index (χ4v) is 0.159. The monoisotopic (exact) mass is 111 g/mol. The molecule has 1 N–H and O–H groups in total. The molecule has 3 nitrogen and oxygen atoms in total. The summed E-state index contributed by atoms with van der Waals surface area (Å²) in [4.78, 5) is 9.87. The summed E-state index contributed by atoms with van der Waals surface area (Å²) in [5.41, 5.74) is 0.0625. The molecule has 0 aromatic rings. The van der Waals surface area contributed by atoms with E-state index >= 15 is 0 Å². The average Bonchev–Trinajstić information content (AvgIpc) is 1.67. The number of rotatable bonds is 1. The lowest BCUT2D eigenvalue weighted by Crippen LogP contribution is -1.94. The molecule has 0 aliphatic rings. The van der Waals surface area contributed by atoms with Crippen LogP contribution in [0.2, 0.25) is 0 Å². The fourth-order valence-electron chi connectivity index (χ4n) is 0.159. The molecule has 0 radical (unpaired) electrons. The van der Waals surface area contributed by atoms with Crippen molar-refractivity contribution in [2.75, 3.05) is 0 Å². The summed E-state index contributed by atoms with van der Waals surface area (Å²) >= 11 is 0. The Kier molecular flexibility index (Phi) is 2.35. The van der Waals surface area contributed by atoms with Gasteiger partial charge in [-0.25, -0.2) is 4.79 Å². The zero-order chi connectivity index (χ0) is 6.57. The second kappa shape index (κ2) is 2.80. The van der Waals surface area contributed by atoms with Crippen LogP contribution >= 0.6 is 0 Å². The molecule has 0 saturated heterocycles. The highest BCUT2D eigenvalue weighted by molar-refractivity contribution is 5.86. The van der Waals surface area contributed by atoms with Gasteiger partial charge in [-0.1, -0.05) is 0 Å². The highest BCUT2D eigenvalue weighted by Crippen LogP contribution is 1.88. The van der Waals surface area contributed by atoms with Gasteiger partial charge in [-0.05, 0) is 6.92 Å². The maximum atomic E-state index is 9.87. The predicted molar refractivity (Wildman–Crippen MR) is 27.0 cm³/mol. The Morgan fingerprint density at radius 3 is 2.50 bits per heavy atom. The van der Waals surface area contributed by atoms with Gasteiger partial charge in [0.05, 0.1) is 6.07 Å². The van der Waals surface area contributed by atoms with Gasteiger partial charge in [-0.2, -0.15) is 5.26 Å². The van der Waals surface area contributed by atoms with Crippen LogP contribution in [0.4, 0.5) is 0 Å². The van der Waals surface area contributed by atoms with E-state index < -0.39 is 5.97 Å². The Hall–Kier alpha value is -1.30. The van der Waals surface area contributed by atoms with Crippen molar-refractivity contribution in [2.45, 2.75) is 6.92 Å². The van der Waals surface area contributed by atoms with Gasteiger partial charge in [0, 0.05) is 11.6 Å². The maximum absolute atomic E-state index is 9.87. The Bertz CT molecular complexity index is 164. The first-order valence-electron chi connectivity index (χ1n) is 1.98. The molecule has 0 bridgehead atoms. The summed E-state index contributed by atoms with van der Waals surface area (Å²) in [6.45, 7) is 1.37. The molecule has 0 spiro atoms. The Balaban J connectivity index is 4.06. The van der Waals surface area contributed by atoms with E-state index in [1.54, 1.807) is 6.07 Å². The number of hydrogen-bond donors (Lipinski definition) is 1. The molecule has 0 rings (SSSR count). The SMILES string of the molecule is CC(=CC#N)C(=O)O. The first-order valence-corrected chi connectivity index (χ1v) is 1.98.